The molecule has 0 fully saturated rings. The van der Waals surface area contributed by atoms with E-state index in [0.717, 1.165) is 23.4 Å². The second-order valence-corrected chi connectivity index (χ2v) is 3.69. The predicted octanol–water partition coefficient (Wildman–Crippen LogP) is 1.73. The summed E-state index contributed by atoms with van der Waals surface area (Å²) in [4.78, 5) is 4.14. The second-order valence-electron chi connectivity index (χ2n) is 3.69. The first-order valence-corrected chi connectivity index (χ1v) is 5.23. The number of anilines is 1. The number of hydrogen-bond acceptors (Lipinski definition) is 4. The van der Waals surface area contributed by atoms with E-state index >= 15 is 0 Å². The summed E-state index contributed by atoms with van der Waals surface area (Å²) in [6.45, 7) is 2.52. The minimum absolute atomic E-state index is 0.207. The molecular weight excluding hydrogens is 202 g/mol. The highest BCUT2D eigenvalue weighted by atomic mass is 16.4. The molecule has 4 heteroatoms. The third-order valence-electron chi connectivity index (χ3n) is 2.47. The van der Waals surface area contributed by atoms with Gasteiger partial charge in [0.2, 0.25) is 0 Å². The fourth-order valence-electron chi connectivity index (χ4n) is 1.68. The van der Waals surface area contributed by atoms with Crippen LogP contribution in [0.5, 0.6) is 0 Å². The normalized spacial score (nSPS) is 10.6. The van der Waals surface area contributed by atoms with Gasteiger partial charge in [0.25, 0.3) is 6.01 Å². The lowest BCUT2D eigenvalue weighted by Crippen LogP contribution is -2.02. The summed E-state index contributed by atoms with van der Waals surface area (Å²) >= 11 is 0. The molecule has 0 spiro atoms. The molecule has 0 unspecified atom stereocenters. The van der Waals surface area contributed by atoms with E-state index in [2.05, 4.69) is 4.98 Å². The number of benzene rings is 1. The Morgan fingerprint density at radius 1 is 1.25 bits per heavy atom. The summed E-state index contributed by atoms with van der Waals surface area (Å²) < 4.78 is 5.19. The molecule has 0 bridgehead atoms. The Kier molecular flexibility index (Phi) is 2.92. The van der Waals surface area contributed by atoms with E-state index in [9.17, 15) is 0 Å². The second kappa shape index (κ2) is 4.37. The first-order valence-electron chi connectivity index (χ1n) is 5.23. The summed E-state index contributed by atoms with van der Waals surface area (Å²) in [5.41, 5.74) is 14.0. The van der Waals surface area contributed by atoms with Gasteiger partial charge in [0, 0.05) is 5.56 Å². The highest BCUT2D eigenvalue weighted by Crippen LogP contribution is 2.24. The van der Waals surface area contributed by atoms with E-state index in [1.54, 1.807) is 0 Å². The Morgan fingerprint density at radius 3 is 2.44 bits per heavy atom. The highest BCUT2D eigenvalue weighted by molar-refractivity contribution is 5.62. The molecule has 0 aliphatic heterocycles. The van der Waals surface area contributed by atoms with Crippen molar-refractivity contribution in [3.8, 4) is 11.3 Å². The van der Waals surface area contributed by atoms with Crippen LogP contribution in [-0.4, -0.2) is 11.5 Å². The van der Waals surface area contributed by atoms with E-state index in [1.807, 2.05) is 31.2 Å². The number of aromatic nitrogens is 1. The molecule has 0 radical (unpaired) electrons. The molecule has 2 rings (SSSR count). The molecule has 4 nitrogen and oxygen atoms in total. The molecule has 2 aromatic rings. The van der Waals surface area contributed by atoms with Crippen molar-refractivity contribution >= 4 is 6.01 Å². The smallest absolute Gasteiger partial charge is 0.292 e. The third-order valence-corrected chi connectivity index (χ3v) is 2.47. The van der Waals surface area contributed by atoms with Crippen molar-refractivity contribution in [2.45, 2.75) is 13.3 Å². The third kappa shape index (κ3) is 2.06. The average molecular weight is 217 g/mol. The summed E-state index contributed by atoms with van der Waals surface area (Å²) in [6, 6.07) is 8.32. The van der Waals surface area contributed by atoms with Crippen LogP contribution in [0.4, 0.5) is 6.01 Å². The van der Waals surface area contributed by atoms with Crippen LogP contribution in [0.15, 0.2) is 28.7 Å². The summed E-state index contributed by atoms with van der Waals surface area (Å²) in [7, 11) is 0. The quantitative estimate of drug-likeness (QED) is 0.820. The van der Waals surface area contributed by atoms with E-state index in [-0.39, 0.29) is 6.01 Å². The van der Waals surface area contributed by atoms with Gasteiger partial charge >= 0.3 is 0 Å². The molecule has 1 heterocycles. The molecule has 0 amide bonds. The van der Waals surface area contributed by atoms with Crippen molar-refractivity contribution in [1.82, 2.24) is 4.98 Å². The number of aryl methyl sites for hydroxylation is 1. The van der Waals surface area contributed by atoms with E-state index < -0.39 is 0 Å². The Labute approximate surface area is 94.3 Å². The zero-order valence-corrected chi connectivity index (χ0v) is 9.23. The van der Waals surface area contributed by atoms with Crippen molar-refractivity contribution < 1.29 is 4.42 Å². The van der Waals surface area contributed by atoms with Crippen molar-refractivity contribution in [1.29, 1.82) is 0 Å². The first kappa shape index (κ1) is 10.7. The van der Waals surface area contributed by atoms with Gasteiger partial charge < -0.3 is 15.9 Å². The van der Waals surface area contributed by atoms with Gasteiger partial charge in [-0.1, -0.05) is 24.3 Å². The zero-order chi connectivity index (χ0) is 11.5. The van der Waals surface area contributed by atoms with Crippen LogP contribution in [0.2, 0.25) is 0 Å². The molecular formula is C12H15N3O. The van der Waals surface area contributed by atoms with Crippen LogP contribution in [0, 0.1) is 6.92 Å². The average Bonchev–Trinajstić information content (AvgIpc) is 2.59. The molecule has 0 aliphatic rings. The largest absolute Gasteiger partial charge is 0.429 e. The molecule has 0 saturated heterocycles. The maximum absolute atomic E-state index is 5.50. The maximum Gasteiger partial charge on any atom is 0.292 e. The van der Waals surface area contributed by atoms with Crippen LogP contribution in [0.25, 0.3) is 11.3 Å². The molecule has 0 saturated carbocycles. The van der Waals surface area contributed by atoms with Crippen molar-refractivity contribution in [2.24, 2.45) is 5.73 Å². The molecule has 4 N–H and O–H groups in total. The summed E-state index contributed by atoms with van der Waals surface area (Å²) in [5.74, 6) is 0.740. The van der Waals surface area contributed by atoms with Crippen LogP contribution in [0.3, 0.4) is 0 Å². The molecule has 0 aliphatic carbocycles. The van der Waals surface area contributed by atoms with E-state index in [1.165, 1.54) is 5.56 Å². The minimum atomic E-state index is 0.207. The predicted molar refractivity (Wildman–Crippen MR) is 63.8 cm³/mol. The Hall–Kier alpha value is -1.81. The van der Waals surface area contributed by atoms with Gasteiger partial charge in [0.1, 0.15) is 11.5 Å². The van der Waals surface area contributed by atoms with Crippen molar-refractivity contribution in [3.05, 3.63) is 35.6 Å². The summed E-state index contributed by atoms with van der Waals surface area (Å²) in [6.07, 6.45) is 0.889. The zero-order valence-electron chi connectivity index (χ0n) is 9.23. The number of nitrogens with two attached hydrogens (primary N) is 2. The number of oxazole rings is 1. The lowest BCUT2D eigenvalue weighted by molar-refractivity contribution is 0.549. The standard InChI is InChI=1S/C12H15N3O/c1-8-11(15-12(14)16-8)10-4-2-9(3-5-10)6-7-13/h2-5H,6-7,13H2,1H3,(H2,14,15). The van der Waals surface area contributed by atoms with Crippen molar-refractivity contribution in [2.75, 3.05) is 12.3 Å². The minimum Gasteiger partial charge on any atom is -0.429 e. The van der Waals surface area contributed by atoms with Crippen LogP contribution in [-0.2, 0) is 6.42 Å². The number of hydrogen-bond donors (Lipinski definition) is 2. The van der Waals surface area contributed by atoms with Gasteiger partial charge in [-0.25, -0.2) is 0 Å². The lowest BCUT2D eigenvalue weighted by Gasteiger charge is -2.00. The van der Waals surface area contributed by atoms with Gasteiger partial charge in [0.05, 0.1) is 0 Å². The highest BCUT2D eigenvalue weighted by Gasteiger charge is 2.09. The van der Waals surface area contributed by atoms with Gasteiger partial charge in [0.15, 0.2) is 0 Å². The maximum atomic E-state index is 5.50. The van der Waals surface area contributed by atoms with E-state index in [4.69, 9.17) is 15.9 Å². The molecule has 16 heavy (non-hydrogen) atoms. The number of nitrogens with zero attached hydrogens (tertiary/aromatic N) is 1. The van der Waals surface area contributed by atoms with Crippen molar-refractivity contribution in [3.63, 3.8) is 0 Å². The molecule has 0 atom stereocenters. The van der Waals surface area contributed by atoms with Crippen LogP contribution >= 0.6 is 0 Å². The fourth-order valence-corrected chi connectivity index (χ4v) is 1.68. The number of nitrogen functional groups attached to an aromatic ring is 1. The number of rotatable bonds is 3. The summed E-state index contributed by atoms with van der Waals surface area (Å²) in [5, 5.41) is 0. The van der Waals surface area contributed by atoms with Gasteiger partial charge in [-0.15, -0.1) is 0 Å². The SMILES string of the molecule is Cc1oc(N)nc1-c1ccc(CCN)cc1. The molecule has 1 aromatic carbocycles. The van der Waals surface area contributed by atoms with Crippen LogP contribution < -0.4 is 11.5 Å². The molecule has 1 aromatic heterocycles. The van der Waals surface area contributed by atoms with Gasteiger partial charge in [-0.2, -0.15) is 4.98 Å². The molecule has 84 valence electrons. The Bertz CT molecular complexity index is 474. The Morgan fingerprint density at radius 2 is 1.94 bits per heavy atom. The lowest BCUT2D eigenvalue weighted by atomic mass is 10.1. The fraction of sp³-hybridized carbons (Fsp3) is 0.250. The van der Waals surface area contributed by atoms with Gasteiger partial charge in [-0.3, -0.25) is 0 Å². The first-order chi connectivity index (χ1) is 7.70. The monoisotopic (exact) mass is 217 g/mol. The Balaban J connectivity index is 2.31. The van der Waals surface area contributed by atoms with E-state index in [0.29, 0.717) is 6.54 Å². The van der Waals surface area contributed by atoms with Crippen LogP contribution in [0.1, 0.15) is 11.3 Å². The topological polar surface area (TPSA) is 78.1 Å². The van der Waals surface area contributed by atoms with Gasteiger partial charge in [-0.05, 0) is 25.5 Å².